The van der Waals surface area contributed by atoms with Crippen molar-refractivity contribution in [2.24, 2.45) is 0 Å². The Kier molecular flexibility index (Phi) is 11.0. The minimum Gasteiger partial charge on any atom is -0.352 e. The van der Waals surface area contributed by atoms with Gasteiger partial charge in [-0.05, 0) is 80.6 Å². The van der Waals surface area contributed by atoms with E-state index in [1.165, 1.54) is 17.0 Å². The quantitative estimate of drug-likeness (QED) is 0.233. The molecule has 0 radical (unpaired) electrons. The molecule has 1 N–H and O–H groups in total. The van der Waals surface area contributed by atoms with Gasteiger partial charge >= 0.3 is 0 Å². The average molecular weight is 665 g/mol. The van der Waals surface area contributed by atoms with E-state index < -0.39 is 28.5 Å². The highest BCUT2D eigenvalue weighted by Gasteiger charge is 2.35. The van der Waals surface area contributed by atoms with Crippen LogP contribution in [0.2, 0.25) is 15.1 Å². The van der Waals surface area contributed by atoms with Crippen LogP contribution in [-0.4, -0.2) is 43.8 Å². The van der Waals surface area contributed by atoms with Gasteiger partial charge in [-0.1, -0.05) is 84.4 Å². The first-order chi connectivity index (χ1) is 20.4. The molecule has 0 bridgehead atoms. The van der Waals surface area contributed by atoms with Crippen molar-refractivity contribution in [1.29, 1.82) is 0 Å². The number of nitrogens with one attached hydrogen (secondary N) is 1. The van der Waals surface area contributed by atoms with Crippen LogP contribution in [0.1, 0.15) is 55.7 Å². The summed E-state index contributed by atoms with van der Waals surface area (Å²) in [5, 5.41) is 4.24. The topological polar surface area (TPSA) is 86.8 Å². The van der Waals surface area contributed by atoms with Gasteiger partial charge in [0.1, 0.15) is 12.6 Å². The lowest BCUT2D eigenvalue weighted by Gasteiger charge is -2.34. The third-order valence-electron chi connectivity index (χ3n) is 7.84. The van der Waals surface area contributed by atoms with Gasteiger partial charge in [0.15, 0.2) is 0 Å². The number of hydrogen-bond acceptors (Lipinski definition) is 4. The number of anilines is 1. The number of sulfonamides is 1. The van der Waals surface area contributed by atoms with E-state index in [0.29, 0.717) is 32.6 Å². The van der Waals surface area contributed by atoms with E-state index in [1.807, 2.05) is 13.8 Å². The fraction of sp³-hybridized carbons (Fsp3) is 0.375. The Morgan fingerprint density at radius 3 is 2.26 bits per heavy atom. The van der Waals surface area contributed by atoms with Crippen LogP contribution in [0.15, 0.2) is 65.6 Å². The molecular formula is C32H36Cl3N3O4S. The van der Waals surface area contributed by atoms with E-state index in [-0.39, 0.29) is 29.1 Å². The number of benzene rings is 3. The number of carbonyl (C=O) groups is 2. The molecule has 1 aliphatic carbocycles. The van der Waals surface area contributed by atoms with Gasteiger partial charge in [-0.3, -0.25) is 13.9 Å². The normalized spacial score (nSPS) is 14.4. The molecule has 0 aliphatic heterocycles. The number of aryl methyl sites for hydroxylation is 1. The molecule has 0 saturated heterocycles. The van der Waals surface area contributed by atoms with E-state index in [4.69, 9.17) is 34.8 Å². The maximum atomic E-state index is 14.3. The molecule has 0 unspecified atom stereocenters. The number of hydrogen-bond donors (Lipinski definition) is 1. The largest absolute Gasteiger partial charge is 0.352 e. The molecule has 43 heavy (non-hydrogen) atoms. The van der Waals surface area contributed by atoms with Crippen LogP contribution < -0.4 is 9.62 Å². The maximum Gasteiger partial charge on any atom is 0.264 e. The number of halogens is 3. The van der Waals surface area contributed by atoms with Crippen molar-refractivity contribution in [2.75, 3.05) is 10.8 Å². The zero-order valence-corrected chi connectivity index (χ0v) is 27.5. The van der Waals surface area contributed by atoms with Crippen molar-refractivity contribution >= 4 is 62.3 Å². The Balaban J connectivity index is 1.76. The zero-order chi connectivity index (χ0) is 31.3. The van der Waals surface area contributed by atoms with Gasteiger partial charge in [0.2, 0.25) is 11.8 Å². The zero-order valence-electron chi connectivity index (χ0n) is 24.4. The van der Waals surface area contributed by atoms with Crippen molar-refractivity contribution in [3.8, 4) is 0 Å². The molecule has 0 aromatic heterocycles. The fourth-order valence-electron chi connectivity index (χ4n) is 5.34. The molecule has 3 aromatic carbocycles. The summed E-state index contributed by atoms with van der Waals surface area (Å²) in [6, 6.07) is 15.5. The summed E-state index contributed by atoms with van der Waals surface area (Å²) in [6.45, 7) is 4.81. The molecule has 2 amide bonds. The monoisotopic (exact) mass is 663 g/mol. The first kappa shape index (κ1) is 33.1. The van der Waals surface area contributed by atoms with Crippen LogP contribution in [0.25, 0.3) is 0 Å². The number of nitrogens with zero attached hydrogens (tertiary/aromatic N) is 2. The van der Waals surface area contributed by atoms with Gasteiger partial charge in [0.05, 0.1) is 10.6 Å². The van der Waals surface area contributed by atoms with Gasteiger partial charge in [-0.15, -0.1) is 0 Å². The molecule has 4 rings (SSSR count). The molecule has 1 aliphatic rings. The number of carbonyl (C=O) groups excluding carboxylic acids is 2. The third kappa shape index (κ3) is 7.85. The highest BCUT2D eigenvalue weighted by Crippen LogP contribution is 2.32. The van der Waals surface area contributed by atoms with Crippen LogP contribution in [0.5, 0.6) is 0 Å². The summed E-state index contributed by atoms with van der Waals surface area (Å²) >= 11 is 19.0. The molecule has 1 saturated carbocycles. The lowest BCUT2D eigenvalue weighted by molar-refractivity contribution is -0.140. The Morgan fingerprint density at radius 2 is 1.63 bits per heavy atom. The molecule has 0 heterocycles. The molecule has 230 valence electrons. The summed E-state index contributed by atoms with van der Waals surface area (Å²) < 4.78 is 29.3. The first-order valence-corrected chi connectivity index (χ1v) is 16.9. The first-order valence-electron chi connectivity index (χ1n) is 14.3. The summed E-state index contributed by atoms with van der Waals surface area (Å²) in [4.78, 5) is 29.4. The molecule has 3 aromatic rings. The standard InChI is InChI=1S/C32H36Cl3N3O4S/c1-4-29(32(40)36-25-8-5-6-9-25)37(19-23-14-15-24(33)18-28(23)35)31(39)20-38(30-11-7-10-27(34)22(30)3)43(41,42)26-16-12-21(2)13-17-26/h7,10-18,25,29H,4-6,8-9,19-20H2,1-3H3,(H,36,40)/t29-/m0/s1. The second kappa shape index (κ2) is 14.3. The van der Waals surface area contributed by atoms with Crippen LogP contribution >= 0.6 is 34.8 Å². The Morgan fingerprint density at radius 1 is 0.953 bits per heavy atom. The van der Waals surface area contributed by atoms with Crippen LogP contribution in [0.3, 0.4) is 0 Å². The molecule has 1 fully saturated rings. The lowest BCUT2D eigenvalue weighted by atomic mass is 10.1. The summed E-state index contributed by atoms with van der Waals surface area (Å²) in [6.07, 6.45) is 4.16. The van der Waals surface area contributed by atoms with Crippen LogP contribution in [0, 0.1) is 13.8 Å². The van der Waals surface area contributed by atoms with Gasteiger partial charge < -0.3 is 10.2 Å². The molecule has 7 nitrogen and oxygen atoms in total. The van der Waals surface area contributed by atoms with E-state index in [0.717, 1.165) is 35.6 Å². The smallest absolute Gasteiger partial charge is 0.264 e. The molecular weight excluding hydrogens is 629 g/mol. The second-order valence-corrected chi connectivity index (χ2v) is 14.0. The third-order valence-corrected chi connectivity index (χ3v) is 10.6. The summed E-state index contributed by atoms with van der Waals surface area (Å²) in [5.74, 6) is -0.839. The second-order valence-electron chi connectivity index (χ2n) is 10.9. The highest BCUT2D eigenvalue weighted by atomic mass is 35.5. The maximum absolute atomic E-state index is 14.3. The van der Waals surface area contributed by atoms with E-state index in [9.17, 15) is 18.0 Å². The molecule has 11 heteroatoms. The summed E-state index contributed by atoms with van der Waals surface area (Å²) in [5.41, 5.74) is 2.25. The van der Waals surface area contributed by atoms with Gasteiger partial charge in [-0.2, -0.15) is 0 Å². The summed E-state index contributed by atoms with van der Waals surface area (Å²) in [7, 11) is -4.21. The highest BCUT2D eigenvalue weighted by molar-refractivity contribution is 7.92. The fourth-order valence-corrected chi connectivity index (χ4v) is 7.45. The van der Waals surface area contributed by atoms with Crippen molar-refractivity contribution in [3.05, 3.63) is 92.4 Å². The molecule has 0 spiro atoms. The van der Waals surface area contributed by atoms with Gasteiger partial charge in [0, 0.05) is 27.7 Å². The van der Waals surface area contributed by atoms with E-state index in [2.05, 4.69) is 5.32 Å². The SMILES string of the molecule is CC[C@@H](C(=O)NC1CCCC1)N(Cc1ccc(Cl)cc1Cl)C(=O)CN(c1cccc(Cl)c1C)S(=O)(=O)c1ccc(C)cc1. The molecule has 1 atom stereocenters. The predicted octanol–water partition coefficient (Wildman–Crippen LogP) is 7.33. The van der Waals surface area contributed by atoms with Crippen molar-refractivity contribution < 1.29 is 18.0 Å². The number of rotatable bonds is 11. The van der Waals surface area contributed by atoms with Crippen molar-refractivity contribution in [2.45, 2.75) is 76.4 Å². The van der Waals surface area contributed by atoms with Crippen LogP contribution in [0.4, 0.5) is 5.69 Å². The van der Waals surface area contributed by atoms with E-state index >= 15 is 0 Å². The Labute approximate surface area is 269 Å². The van der Waals surface area contributed by atoms with Gasteiger partial charge in [0.25, 0.3) is 10.0 Å². The minimum atomic E-state index is -4.21. The van der Waals surface area contributed by atoms with Crippen molar-refractivity contribution in [1.82, 2.24) is 10.2 Å². The number of amides is 2. The average Bonchev–Trinajstić information content (AvgIpc) is 3.47. The van der Waals surface area contributed by atoms with E-state index in [1.54, 1.807) is 55.5 Å². The predicted molar refractivity (Wildman–Crippen MR) is 173 cm³/mol. The minimum absolute atomic E-state index is 0.0155. The lowest BCUT2D eigenvalue weighted by Crippen LogP contribution is -2.53. The van der Waals surface area contributed by atoms with Crippen molar-refractivity contribution in [3.63, 3.8) is 0 Å². The Hall–Kier alpha value is -2.78. The van der Waals surface area contributed by atoms with Crippen LogP contribution in [-0.2, 0) is 26.2 Å². The van der Waals surface area contributed by atoms with Gasteiger partial charge in [-0.25, -0.2) is 8.42 Å². The Bertz CT molecular complexity index is 1580.